The molecular formula is C14H18FNO3. The highest BCUT2D eigenvalue weighted by molar-refractivity contribution is 5.76. The summed E-state index contributed by atoms with van der Waals surface area (Å²) >= 11 is 0. The molecule has 0 saturated carbocycles. The summed E-state index contributed by atoms with van der Waals surface area (Å²) in [6.07, 6.45) is 1.36. The fraction of sp³-hybridized carbons (Fsp3) is 0.429. The second-order valence-electron chi connectivity index (χ2n) is 4.35. The van der Waals surface area contributed by atoms with E-state index in [4.69, 9.17) is 5.11 Å². The zero-order chi connectivity index (χ0) is 14.3. The number of nitrogens with one attached hydrogen (secondary N) is 1. The van der Waals surface area contributed by atoms with Gasteiger partial charge in [-0.05, 0) is 30.5 Å². The van der Waals surface area contributed by atoms with Crippen molar-refractivity contribution in [3.8, 4) is 0 Å². The maximum atomic E-state index is 12.9. The van der Waals surface area contributed by atoms with Gasteiger partial charge in [-0.25, -0.2) is 4.39 Å². The maximum absolute atomic E-state index is 12.9. The summed E-state index contributed by atoms with van der Waals surface area (Å²) in [4.78, 5) is 22.2. The van der Waals surface area contributed by atoms with Crippen LogP contribution in [0.25, 0.3) is 0 Å². The van der Waals surface area contributed by atoms with E-state index in [0.29, 0.717) is 12.0 Å². The van der Waals surface area contributed by atoms with Crippen molar-refractivity contribution in [3.05, 3.63) is 35.6 Å². The topological polar surface area (TPSA) is 66.4 Å². The summed E-state index contributed by atoms with van der Waals surface area (Å²) in [6.45, 7) is 1.89. The molecule has 0 aliphatic rings. The Hall–Kier alpha value is -1.91. The molecule has 4 nitrogen and oxygen atoms in total. The summed E-state index contributed by atoms with van der Waals surface area (Å²) in [5.41, 5.74) is 0.715. The lowest BCUT2D eigenvalue weighted by atomic mass is 10.0. The Kier molecular flexibility index (Phi) is 5.99. The van der Waals surface area contributed by atoms with Crippen LogP contribution >= 0.6 is 0 Å². The number of hydrogen-bond donors (Lipinski definition) is 2. The molecule has 1 amide bonds. The van der Waals surface area contributed by atoms with Crippen molar-refractivity contribution < 1.29 is 19.1 Å². The zero-order valence-corrected chi connectivity index (χ0v) is 10.9. The van der Waals surface area contributed by atoms with Crippen molar-refractivity contribution in [2.24, 2.45) is 0 Å². The molecule has 1 aromatic rings. The van der Waals surface area contributed by atoms with Crippen LogP contribution in [-0.2, 0) is 9.59 Å². The smallest absolute Gasteiger partial charge is 0.303 e. The number of carboxylic acids is 1. The Morgan fingerprint density at radius 3 is 2.42 bits per heavy atom. The first kappa shape index (κ1) is 15.1. The van der Waals surface area contributed by atoms with E-state index in [2.05, 4.69) is 5.32 Å². The van der Waals surface area contributed by atoms with Gasteiger partial charge in [0, 0.05) is 12.8 Å². The van der Waals surface area contributed by atoms with E-state index >= 15 is 0 Å². The third-order valence-electron chi connectivity index (χ3n) is 2.73. The van der Waals surface area contributed by atoms with Gasteiger partial charge in [0.1, 0.15) is 5.82 Å². The highest BCUT2D eigenvalue weighted by Crippen LogP contribution is 2.19. The van der Waals surface area contributed by atoms with Gasteiger partial charge < -0.3 is 10.4 Å². The van der Waals surface area contributed by atoms with Crippen LogP contribution in [0.15, 0.2) is 24.3 Å². The Bertz CT molecular complexity index is 431. The van der Waals surface area contributed by atoms with Gasteiger partial charge in [-0.15, -0.1) is 0 Å². The molecule has 0 heterocycles. The fourth-order valence-corrected chi connectivity index (χ4v) is 1.78. The predicted molar refractivity (Wildman–Crippen MR) is 69.1 cm³/mol. The number of carboxylic acid groups (broad SMARTS) is 1. The number of carbonyl (C=O) groups excluding carboxylic acids is 1. The van der Waals surface area contributed by atoms with E-state index < -0.39 is 12.0 Å². The summed E-state index contributed by atoms with van der Waals surface area (Å²) in [6, 6.07) is 5.34. The maximum Gasteiger partial charge on any atom is 0.303 e. The zero-order valence-electron chi connectivity index (χ0n) is 10.9. The van der Waals surface area contributed by atoms with E-state index in [-0.39, 0.29) is 24.6 Å². The van der Waals surface area contributed by atoms with Gasteiger partial charge in [-0.1, -0.05) is 19.1 Å². The van der Waals surface area contributed by atoms with Crippen LogP contribution in [0.2, 0.25) is 0 Å². The molecule has 1 rings (SSSR count). The van der Waals surface area contributed by atoms with E-state index in [1.54, 1.807) is 12.1 Å². The van der Waals surface area contributed by atoms with Gasteiger partial charge >= 0.3 is 5.97 Å². The minimum Gasteiger partial charge on any atom is -0.481 e. The lowest BCUT2D eigenvalue weighted by Crippen LogP contribution is -2.28. The molecule has 1 atom stereocenters. The number of amides is 1. The van der Waals surface area contributed by atoms with Gasteiger partial charge in [-0.2, -0.15) is 0 Å². The minimum atomic E-state index is -0.920. The van der Waals surface area contributed by atoms with Crippen molar-refractivity contribution in [1.29, 1.82) is 0 Å². The fourth-order valence-electron chi connectivity index (χ4n) is 1.78. The number of rotatable bonds is 7. The van der Waals surface area contributed by atoms with Gasteiger partial charge in [0.15, 0.2) is 0 Å². The van der Waals surface area contributed by atoms with Gasteiger partial charge in [0.25, 0.3) is 0 Å². The quantitative estimate of drug-likeness (QED) is 0.798. The molecule has 104 valence electrons. The standard InChI is InChI=1S/C14H18FNO3/c1-2-3-13(17)16-12(8-9-14(18)19)10-4-6-11(15)7-5-10/h4-7,12H,2-3,8-9H2,1H3,(H,16,17)(H,18,19). The summed E-state index contributed by atoms with van der Waals surface area (Å²) in [5, 5.41) is 11.5. The Morgan fingerprint density at radius 2 is 1.89 bits per heavy atom. The van der Waals surface area contributed by atoms with E-state index in [1.165, 1.54) is 12.1 Å². The van der Waals surface area contributed by atoms with Gasteiger partial charge in [0.2, 0.25) is 5.91 Å². The molecule has 1 unspecified atom stereocenters. The molecular weight excluding hydrogens is 249 g/mol. The van der Waals surface area contributed by atoms with Crippen molar-refractivity contribution in [3.63, 3.8) is 0 Å². The Labute approximate surface area is 111 Å². The highest BCUT2D eigenvalue weighted by Gasteiger charge is 2.15. The van der Waals surface area contributed by atoms with Crippen molar-refractivity contribution in [2.45, 2.75) is 38.6 Å². The first-order chi connectivity index (χ1) is 9.02. The third-order valence-corrected chi connectivity index (χ3v) is 2.73. The number of benzene rings is 1. The molecule has 19 heavy (non-hydrogen) atoms. The van der Waals surface area contributed by atoms with Crippen LogP contribution in [0.1, 0.15) is 44.2 Å². The van der Waals surface area contributed by atoms with Crippen molar-refractivity contribution >= 4 is 11.9 Å². The molecule has 0 bridgehead atoms. The molecule has 2 N–H and O–H groups in total. The number of halogens is 1. The van der Waals surface area contributed by atoms with E-state index in [1.807, 2.05) is 6.92 Å². The van der Waals surface area contributed by atoms with Crippen LogP contribution in [0, 0.1) is 5.82 Å². The monoisotopic (exact) mass is 267 g/mol. The molecule has 0 aromatic heterocycles. The second-order valence-corrected chi connectivity index (χ2v) is 4.35. The highest BCUT2D eigenvalue weighted by atomic mass is 19.1. The second kappa shape index (κ2) is 7.51. The number of carbonyl (C=O) groups is 2. The first-order valence-electron chi connectivity index (χ1n) is 6.29. The number of hydrogen-bond acceptors (Lipinski definition) is 2. The van der Waals surface area contributed by atoms with E-state index in [9.17, 15) is 14.0 Å². The van der Waals surface area contributed by atoms with Crippen LogP contribution in [-0.4, -0.2) is 17.0 Å². The molecule has 0 fully saturated rings. The van der Waals surface area contributed by atoms with Crippen LogP contribution in [0.3, 0.4) is 0 Å². The molecule has 5 heteroatoms. The van der Waals surface area contributed by atoms with Crippen molar-refractivity contribution in [2.75, 3.05) is 0 Å². The molecule has 0 saturated heterocycles. The van der Waals surface area contributed by atoms with Crippen LogP contribution in [0.4, 0.5) is 4.39 Å². The van der Waals surface area contributed by atoms with Gasteiger partial charge in [0.05, 0.1) is 6.04 Å². The van der Waals surface area contributed by atoms with Crippen molar-refractivity contribution in [1.82, 2.24) is 5.32 Å². The average Bonchev–Trinajstić information content (AvgIpc) is 2.35. The van der Waals surface area contributed by atoms with Crippen LogP contribution < -0.4 is 5.32 Å². The molecule has 0 aliphatic carbocycles. The largest absolute Gasteiger partial charge is 0.481 e. The predicted octanol–water partition coefficient (Wildman–Crippen LogP) is 2.65. The molecule has 0 radical (unpaired) electrons. The average molecular weight is 267 g/mol. The summed E-state index contributed by atoms with van der Waals surface area (Å²) in [7, 11) is 0. The first-order valence-corrected chi connectivity index (χ1v) is 6.29. The number of aliphatic carboxylic acids is 1. The normalized spacial score (nSPS) is 11.9. The Morgan fingerprint density at radius 1 is 1.26 bits per heavy atom. The summed E-state index contributed by atoms with van der Waals surface area (Å²) < 4.78 is 12.9. The van der Waals surface area contributed by atoms with E-state index in [0.717, 1.165) is 6.42 Å². The minimum absolute atomic E-state index is 0.0472. The molecule has 0 spiro atoms. The Balaban J connectivity index is 2.75. The molecule has 0 aliphatic heterocycles. The van der Waals surface area contributed by atoms with Crippen LogP contribution in [0.5, 0.6) is 0 Å². The lowest BCUT2D eigenvalue weighted by molar-refractivity contribution is -0.137. The summed E-state index contributed by atoms with van der Waals surface area (Å²) in [5.74, 6) is -1.40. The molecule has 1 aromatic carbocycles. The SMILES string of the molecule is CCCC(=O)NC(CCC(=O)O)c1ccc(F)cc1. The third kappa shape index (κ3) is 5.50. The lowest BCUT2D eigenvalue weighted by Gasteiger charge is -2.18. The van der Waals surface area contributed by atoms with Gasteiger partial charge in [-0.3, -0.25) is 9.59 Å².